The Labute approximate surface area is 91.1 Å². The number of hydrogen-bond donors (Lipinski definition) is 0. The van der Waals surface area contributed by atoms with Crippen molar-refractivity contribution in [1.82, 2.24) is 0 Å². The van der Waals surface area contributed by atoms with Crippen LogP contribution in [0.25, 0.3) is 0 Å². The van der Waals surface area contributed by atoms with Crippen molar-refractivity contribution in [1.29, 1.82) is 0 Å². The van der Waals surface area contributed by atoms with Crippen LogP contribution in [0, 0.1) is 5.82 Å². The van der Waals surface area contributed by atoms with Crippen LogP contribution < -0.4 is 0 Å². The SMILES string of the molecule is CCOC(=O)c1ccc(F)c(S(=O)(=O)F)c1. The van der Waals surface area contributed by atoms with E-state index >= 15 is 0 Å². The Morgan fingerprint density at radius 1 is 1.44 bits per heavy atom. The number of halogens is 2. The molecular formula is C9H8F2O4S. The summed E-state index contributed by atoms with van der Waals surface area (Å²) < 4.78 is 51.1. The quantitative estimate of drug-likeness (QED) is 0.604. The molecule has 4 nitrogen and oxygen atoms in total. The zero-order valence-corrected chi connectivity index (χ0v) is 9.05. The average molecular weight is 250 g/mol. The molecule has 0 N–H and O–H groups in total. The number of hydrogen-bond acceptors (Lipinski definition) is 4. The van der Waals surface area contributed by atoms with Crippen LogP contribution in [0.2, 0.25) is 0 Å². The lowest BCUT2D eigenvalue weighted by molar-refractivity contribution is 0.0526. The molecule has 1 aromatic carbocycles. The molecule has 0 amide bonds. The van der Waals surface area contributed by atoms with Crippen LogP contribution in [0.4, 0.5) is 8.28 Å². The van der Waals surface area contributed by atoms with Gasteiger partial charge in [0.15, 0.2) is 0 Å². The lowest BCUT2D eigenvalue weighted by atomic mass is 10.2. The van der Waals surface area contributed by atoms with Gasteiger partial charge in [-0.15, -0.1) is 3.89 Å². The summed E-state index contributed by atoms with van der Waals surface area (Å²) in [5.41, 5.74) is -0.223. The minimum absolute atomic E-state index is 0.0773. The Bertz CT molecular complexity index is 510. The van der Waals surface area contributed by atoms with Crippen LogP contribution >= 0.6 is 0 Å². The minimum Gasteiger partial charge on any atom is -0.462 e. The van der Waals surface area contributed by atoms with E-state index in [1.165, 1.54) is 0 Å². The van der Waals surface area contributed by atoms with Gasteiger partial charge in [0.05, 0.1) is 12.2 Å². The summed E-state index contributed by atoms with van der Waals surface area (Å²) in [6.07, 6.45) is 0. The number of benzene rings is 1. The lowest BCUT2D eigenvalue weighted by Crippen LogP contribution is -2.07. The molecule has 88 valence electrons. The maximum atomic E-state index is 12.9. The van der Waals surface area contributed by atoms with Gasteiger partial charge >= 0.3 is 16.2 Å². The van der Waals surface area contributed by atoms with E-state index in [2.05, 4.69) is 4.74 Å². The predicted octanol–water partition coefficient (Wildman–Crippen LogP) is 1.66. The van der Waals surface area contributed by atoms with Crippen molar-refractivity contribution in [3.05, 3.63) is 29.6 Å². The first-order valence-corrected chi connectivity index (χ1v) is 5.66. The van der Waals surface area contributed by atoms with Crippen molar-refractivity contribution < 1.29 is 26.2 Å². The minimum atomic E-state index is -5.19. The average Bonchev–Trinajstić information content (AvgIpc) is 2.16. The number of esters is 1. The number of carbonyl (C=O) groups excluding carboxylic acids is 1. The molecule has 0 bridgehead atoms. The zero-order valence-electron chi connectivity index (χ0n) is 8.24. The highest BCUT2D eigenvalue weighted by Crippen LogP contribution is 2.19. The second-order valence-corrected chi connectivity index (χ2v) is 4.12. The molecule has 0 fully saturated rings. The molecule has 0 aliphatic rings. The molecule has 1 rings (SSSR count). The van der Waals surface area contributed by atoms with Gasteiger partial charge < -0.3 is 4.74 Å². The Hall–Kier alpha value is -1.50. The third kappa shape index (κ3) is 2.75. The van der Waals surface area contributed by atoms with E-state index in [0.29, 0.717) is 12.1 Å². The van der Waals surface area contributed by atoms with Crippen molar-refractivity contribution in [2.45, 2.75) is 11.8 Å². The second-order valence-electron chi connectivity index (χ2n) is 2.80. The van der Waals surface area contributed by atoms with Gasteiger partial charge in [0.2, 0.25) is 0 Å². The van der Waals surface area contributed by atoms with Gasteiger partial charge in [-0.25, -0.2) is 9.18 Å². The van der Waals surface area contributed by atoms with Crippen molar-refractivity contribution in [3.8, 4) is 0 Å². The van der Waals surface area contributed by atoms with Crippen molar-refractivity contribution in [2.75, 3.05) is 6.61 Å². The summed E-state index contributed by atoms with van der Waals surface area (Å²) >= 11 is 0. The summed E-state index contributed by atoms with van der Waals surface area (Å²) in [4.78, 5) is 10.0. The van der Waals surface area contributed by atoms with Crippen LogP contribution in [-0.4, -0.2) is 21.0 Å². The number of ether oxygens (including phenoxy) is 1. The normalized spacial score (nSPS) is 11.2. The Kier molecular flexibility index (Phi) is 3.58. The fourth-order valence-corrected chi connectivity index (χ4v) is 1.60. The molecule has 0 aromatic heterocycles. The van der Waals surface area contributed by atoms with Crippen molar-refractivity contribution >= 4 is 16.2 Å². The Morgan fingerprint density at radius 3 is 2.56 bits per heavy atom. The van der Waals surface area contributed by atoms with E-state index in [9.17, 15) is 21.5 Å². The number of carbonyl (C=O) groups is 1. The third-order valence-corrected chi connectivity index (χ3v) is 2.54. The maximum absolute atomic E-state index is 12.9. The first-order chi connectivity index (χ1) is 7.36. The Morgan fingerprint density at radius 2 is 2.06 bits per heavy atom. The smallest absolute Gasteiger partial charge is 0.338 e. The molecule has 1 aromatic rings. The molecule has 0 saturated heterocycles. The summed E-state index contributed by atoms with van der Waals surface area (Å²) in [6, 6.07) is 2.31. The van der Waals surface area contributed by atoms with Crippen molar-refractivity contribution in [2.24, 2.45) is 0 Å². The standard InChI is InChI=1S/C9H8F2O4S/c1-2-15-9(12)6-3-4-7(10)8(5-6)16(11,13)14/h3-5H,2H2,1H3. The van der Waals surface area contributed by atoms with E-state index in [0.717, 1.165) is 6.07 Å². The summed E-state index contributed by atoms with van der Waals surface area (Å²) in [6.45, 7) is 1.63. The summed E-state index contributed by atoms with van der Waals surface area (Å²) in [5.74, 6) is -2.09. The van der Waals surface area contributed by atoms with E-state index in [-0.39, 0.29) is 12.2 Å². The van der Waals surface area contributed by atoms with E-state index < -0.39 is 26.9 Å². The van der Waals surface area contributed by atoms with Gasteiger partial charge in [-0.2, -0.15) is 8.42 Å². The van der Waals surface area contributed by atoms with E-state index in [1.807, 2.05) is 0 Å². The highest BCUT2D eigenvalue weighted by Gasteiger charge is 2.20. The van der Waals surface area contributed by atoms with Gasteiger partial charge in [-0.05, 0) is 25.1 Å². The summed E-state index contributed by atoms with van der Waals surface area (Å²) in [7, 11) is -5.19. The molecule has 0 spiro atoms. The van der Waals surface area contributed by atoms with Gasteiger partial charge in [-0.1, -0.05) is 0 Å². The van der Waals surface area contributed by atoms with Gasteiger partial charge in [0.25, 0.3) is 0 Å². The van der Waals surface area contributed by atoms with Gasteiger partial charge in [0.1, 0.15) is 10.7 Å². The molecule has 0 atom stereocenters. The van der Waals surface area contributed by atoms with Gasteiger partial charge in [-0.3, -0.25) is 0 Å². The van der Waals surface area contributed by atoms with Crippen LogP contribution in [0.1, 0.15) is 17.3 Å². The molecule has 0 heterocycles. The molecule has 0 aliphatic heterocycles. The molecule has 0 aliphatic carbocycles. The molecule has 0 unspecified atom stereocenters. The molecule has 16 heavy (non-hydrogen) atoms. The first kappa shape index (κ1) is 12.6. The lowest BCUT2D eigenvalue weighted by Gasteiger charge is -2.03. The number of rotatable bonds is 3. The van der Waals surface area contributed by atoms with Crippen LogP contribution in [0.5, 0.6) is 0 Å². The van der Waals surface area contributed by atoms with Crippen LogP contribution in [0.15, 0.2) is 23.1 Å². The van der Waals surface area contributed by atoms with E-state index in [4.69, 9.17) is 0 Å². The fourth-order valence-electron chi connectivity index (χ4n) is 1.03. The zero-order chi connectivity index (χ0) is 12.3. The maximum Gasteiger partial charge on any atom is 0.338 e. The van der Waals surface area contributed by atoms with Gasteiger partial charge in [0, 0.05) is 0 Å². The van der Waals surface area contributed by atoms with Crippen LogP contribution in [-0.2, 0) is 15.0 Å². The highest BCUT2D eigenvalue weighted by molar-refractivity contribution is 7.86. The highest BCUT2D eigenvalue weighted by atomic mass is 32.3. The third-order valence-electron chi connectivity index (χ3n) is 1.71. The van der Waals surface area contributed by atoms with E-state index in [1.54, 1.807) is 6.92 Å². The molecular weight excluding hydrogens is 242 g/mol. The molecule has 0 radical (unpaired) electrons. The monoisotopic (exact) mass is 250 g/mol. The molecule has 0 saturated carbocycles. The second kappa shape index (κ2) is 4.56. The fraction of sp³-hybridized carbons (Fsp3) is 0.222. The predicted molar refractivity (Wildman–Crippen MR) is 50.7 cm³/mol. The van der Waals surface area contributed by atoms with Crippen LogP contribution in [0.3, 0.4) is 0 Å². The molecule has 7 heteroatoms. The van der Waals surface area contributed by atoms with Crippen molar-refractivity contribution in [3.63, 3.8) is 0 Å². The first-order valence-electron chi connectivity index (χ1n) is 4.27. The Balaban J connectivity index is 3.23. The topological polar surface area (TPSA) is 60.4 Å². The summed E-state index contributed by atoms with van der Waals surface area (Å²) in [5, 5.41) is 0. The largest absolute Gasteiger partial charge is 0.462 e.